The SMILES string of the molecule is Cc1ccc(C(=O)C[C@H]2CC[C@H](c3ccccc3)CO2)cc1. The van der Waals surface area contributed by atoms with Crippen molar-refractivity contribution in [1.82, 2.24) is 0 Å². The number of ketones is 1. The van der Waals surface area contributed by atoms with E-state index < -0.39 is 0 Å². The van der Waals surface area contributed by atoms with E-state index in [4.69, 9.17) is 4.74 Å². The molecule has 0 saturated carbocycles. The quantitative estimate of drug-likeness (QED) is 0.774. The number of hydrogen-bond donors (Lipinski definition) is 0. The first kappa shape index (κ1) is 15.0. The van der Waals surface area contributed by atoms with Gasteiger partial charge in [0.1, 0.15) is 0 Å². The van der Waals surface area contributed by atoms with Crippen LogP contribution in [0.4, 0.5) is 0 Å². The van der Waals surface area contributed by atoms with Gasteiger partial charge in [-0.15, -0.1) is 0 Å². The largest absolute Gasteiger partial charge is 0.377 e. The summed E-state index contributed by atoms with van der Waals surface area (Å²) in [6, 6.07) is 18.3. The third-order valence-electron chi connectivity index (χ3n) is 4.43. The maximum absolute atomic E-state index is 12.3. The van der Waals surface area contributed by atoms with Crippen molar-refractivity contribution in [2.75, 3.05) is 6.61 Å². The molecule has 0 unspecified atom stereocenters. The Hall–Kier alpha value is -1.93. The van der Waals surface area contributed by atoms with Crippen LogP contribution in [0.5, 0.6) is 0 Å². The van der Waals surface area contributed by atoms with Gasteiger partial charge in [0.2, 0.25) is 0 Å². The van der Waals surface area contributed by atoms with Crippen molar-refractivity contribution in [3.63, 3.8) is 0 Å². The normalized spacial score (nSPS) is 21.5. The highest BCUT2D eigenvalue weighted by Gasteiger charge is 2.24. The number of carbonyl (C=O) groups is 1. The van der Waals surface area contributed by atoms with Gasteiger partial charge in [-0.1, -0.05) is 60.2 Å². The lowest BCUT2D eigenvalue weighted by Gasteiger charge is -2.29. The van der Waals surface area contributed by atoms with Crippen LogP contribution in [-0.4, -0.2) is 18.5 Å². The summed E-state index contributed by atoms with van der Waals surface area (Å²) in [5.41, 5.74) is 3.31. The Morgan fingerprint density at radius 1 is 1.05 bits per heavy atom. The monoisotopic (exact) mass is 294 g/mol. The molecule has 3 rings (SSSR count). The molecule has 0 amide bonds. The average Bonchev–Trinajstić information content (AvgIpc) is 2.57. The second-order valence-electron chi connectivity index (χ2n) is 6.13. The zero-order valence-electron chi connectivity index (χ0n) is 13.0. The van der Waals surface area contributed by atoms with E-state index in [1.54, 1.807) is 0 Å². The van der Waals surface area contributed by atoms with Crippen molar-refractivity contribution in [3.8, 4) is 0 Å². The Labute approximate surface area is 132 Å². The van der Waals surface area contributed by atoms with Gasteiger partial charge >= 0.3 is 0 Å². The van der Waals surface area contributed by atoms with Crippen LogP contribution >= 0.6 is 0 Å². The van der Waals surface area contributed by atoms with Gasteiger partial charge in [-0.05, 0) is 25.3 Å². The second-order valence-corrected chi connectivity index (χ2v) is 6.13. The Bertz CT molecular complexity index is 608. The topological polar surface area (TPSA) is 26.3 Å². The zero-order chi connectivity index (χ0) is 15.4. The summed E-state index contributed by atoms with van der Waals surface area (Å²) in [6.07, 6.45) is 2.60. The molecule has 0 spiro atoms. The van der Waals surface area contributed by atoms with Crippen LogP contribution in [0.25, 0.3) is 0 Å². The molecule has 1 fully saturated rings. The summed E-state index contributed by atoms with van der Waals surface area (Å²) in [7, 11) is 0. The van der Waals surface area contributed by atoms with E-state index in [2.05, 4.69) is 24.3 Å². The molecule has 0 aliphatic carbocycles. The number of rotatable bonds is 4. The van der Waals surface area contributed by atoms with Crippen molar-refractivity contribution >= 4 is 5.78 Å². The van der Waals surface area contributed by atoms with Crippen LogP contribution in [0.15, 0.2) is 54.6 Å². The minimum atomic E-state index is 0.0637. The molecule has 2 nitrogen and oxygen atoms in total. The van der Waals surface area contributed by atoms with Crippen LogP contribution in [0.1, 0.15) is 46.7 Å². The lowest BCUT2D eigenvalue weighted by Crippen LogP contribution is -2.27. The first-order chi connectivity index (χ1) is 10.7. The van der Waals surface area contributed by atoms with Crippen molar-refractivity contribution in [1.29, 1.82) is 0 Å². The minimum absolute atomic E-state index is 0.0637. The summed E-state index contributed by atoms with van der Waals surface area (Å²) in [6.45, 7) is 2.75. The van der Waals surface area contributed by atoms with Gasteiger partial charge in [-0.25, -0.2) is 0 Å². The van der Waals surface area contributed by atoms with E-state index in [0.29, 0.717) is 12.3 Å². The summed E-state index contributed by atoms with van der Waals surface area (Å²) < 4.78 is 5.94. The molecular weight excluding hydrogens is 272 g/mol. The highest BCUT2D eigenvalue weighted by atomic mass is 16.5. The molecule has 0 radical (unpaired) electrons. The molecular formula is C20H22O2. The summed E-state index contributed by atoms with van der Waals surface area (Å²) in [5, 5.41) is 0. The van der Waals surface area contributed by atoms with Gasteiger partial charge in [0.05, 0.1) is 12.7 Å². The predicted molar refractivity (Wildman–Crippen MR) is 88.3 cm³/mol. The fourth-order valence-corrected chi connectivity index (χ4v) is 3.02. The molecule has 0 bridgehead atoms. The van der Waals surface area contributed by atoms with Crippen molar-refractivity contribution < 1.29 is 9.53 Å². The van der Waals surface area contributed by atoms with Gasteiger partial charge in [0, 0.05) is 17.9 Å². The maximum Gasteiger partial charge on any atom is 0.165 e. The van der Waals surface area contributed by atoms with Crippen molar-refractivity contribution in [2.45, 2.75) is 38.2 Å². The molecule has 0 aromatic heterocycles. The molecule has 2 aromatic carbocycles. The van der Waals surface area contributed by atoms with Gasteiger partial charge < -0.3 is 4.74 Å². The summed E-state index contributed by atoms with van der Waals surface area (Å²) >= 11 is 0. The average molecular weight is 294 g/mol. The first-order valence-corrected chi connectivity index (χ1v) is 7.99. The summed E-state index contributed by atoms with van der Waals surface area (Å²) in [4.78, 5) is 12.3. The fourth-order valence-electron chi connectivity index (χ4n) is 3.02. The molecule has 1 heterocycles. The summed E-state index contributed by atoms with van der Waals surface area (Å²) in [5.74, 6) is 0.648. The van der Waals surface area contributed by atoms with Crippen LogP contribution in [0.3, 0.4) is 0 Å². The minimum Gasteiger partial charge on any atom is -0.377 e. The van der Waals surface area contributed by atoms with E-state index in [1.165, 1.54) is 11.1 Å². The highest BCUT2D eigenvalue weighted by molar-refractivity contribution is 5.96. The second kappa shape index (κ2) is 6.89. The number of carbonyl (C=O) groups excluding carboxylic acids is 1. The highest BCUT2D eigenvalue weighted by Crippen LogP contribution is 2.29. The lowest BCUT2D eigenvalue weighted by atomic mass is 9.89. The van der Waals surface area contributed by atoms with E-state index in [0.717, 1.165) is 25.0 Å². The van der Waals surface area contributed by atoms with E-state index in [9.17, 15) is 4.79 Å². The maximum atomic E-state index is 12.3. The van der Waals surface area contributed by atoms with E-state index in [-0.39, 0.29) is 11.9 Å². The fraction of sp³-hybridized carbons (Fsp3) is 0.350. The predicted octanol–water partition coefficient (Wildman–Crippen LogP) is 4.53. The number of benzene rings is 2. The van der Waals surface area contributed by atoms with Crippen molar-refractivity contribution in [3.05, 3.63) is 71.3 Å². The van der Waals surface area contributed by atoms with Gasteiger partial charge in [0.15, 0.2) is 5.78 Å². The number of aryl methyl sites for hydroxylation is 1. The first-order valence-electron chi connectivity index (χ1n) is 7.99. The Balaban J connectivity index is 1.53. The molecule has 2 aromatic rings. The van der Waals surface area contributed by atoms with Crippen molar-refractivity contribution in [2.24, 2.45) is 0 Å². The molecule has 1 saturated heterocycles. The van der Waals surface area contributed by atoms with Crippen LogP contribution in [0.2, 0.25) is 0 Å². The zero-order valence-corrected chi connectivity index (χ0v) is 13.0. The molecule has 22 heavy (non-hydrogen) atoms. The Morgan fingerprint density at radius 2 is 1.77 bits per heavy atom. The van der Waals surface area contributed by atoms with Gasteiger partial charge in [0.25, 0.3) is 0 Å². The van der Waals surface area contributed by atoms with Gasteiger partial charge in [-0.3, -0.25) is 4.79 Å². The molecule has 2 atom stereocenters. The molecule has 1 aliphatic heterocycles. The standard InChI is InChI=1S/C20H22O2/c1-15-7-9-17(10-8-15)20(21)13-19-12-11-18(14-22-19)16-5-3-2-4-6-16/h2-10,18-19H,11-14H2,1H3/t18-,19+/m0/s1. The molecule has 1 aliphatic rings. The molecule has 0 N–H and O–H groups in total. The van der Waals surface area contributed by atoms with E-state index >= 15 is 0 Å². The van der Waals surface area contributed by atoms with Crippen LogP contribution in [0, 0.1) is 6.92 Å². The number of ether oxygens (including phenoxy) is 1. The Morgan fingerprint density at radius 3 is 2.41 bits per heavy atom. The third kappa shape index (κ3) is 3.63. The van der Waals surface area contributed by atoms with Crippen LogP contribution < -0.4 is 0 Å². The third-order valence-corrected chi connectivity index (χ3v) is 4.43. The smallest absolute Gasteiger partial charge is 0.165 e. The van der Waals surface area contributed by atoms with Crippen LogP contribution in [-0.2, 0) is 4.74 Å². The number of hydrogen-bond acceptors (Lipinski definition) is 2. The Kier molecular flexibility index (Phi) is 4.69. The van der Waals surface area contributed by atoms with E-state index in [1.807, 2.05) is 37.3 Å². The number of Topliss-reactive ketones (excluding diaryl/α,β-unsaturated/α-hetero) is 1. The molecule has 114 valence electrons. The molecule has 2 heteroatoms. The van der Waals surface area contributed by atoms with Gasteiger partial charge in [-0.2, -0.15) is 0 Å². The lowest BCUT2D eigenvalue weighted by molar-refractivity contribution is 0.00162.